The Hall–Kier alpha value is -0.630. The van der Waals surface area contributed by atoms with Gasteiger partial charge in [0.15, 0.2) is 5.78 Å². The molecule has 1 rings (SSSR count). The summed E-state index contributed by atoms with van der Waals surface area (Å²) in [5.74, 6) is 0.347. The Kier molecular flexibility index (Phi) is 3.87. The fourth-order valence-electron chi connectivity index (χ4n) is 1.99. The lowest BCUT2D eigenvalue weighted by molar-refractivity contribution is -0.128. The average Bonchev–Trinajstić information content (AvgIpc) is 2.67. The zero-order valence-corrected chi connectivity index (χ0v) is 9.38. The first kappa shape index (κ1) is 11.4. The molecule has 0 aromatic carbocycles. The van der Waals surface area contributed by atoms with Crippen molar-refractivity contribution >= 4 is 5.78 Å². The second-order valence-electron chi connectivity index (χ2n) is 4.50. The minimum atomic E-state index is -0.264. The second-order valence-corrected chi connectivity index (χ2v) is 4.50. The van der Waals surface area contributed by atoms with Gasteiger partial charge in [-0.05, 0) is 46.2 Å². The number of carbonyl (C=O) groups excluding carboxylic acids is 1. The van der Waals surface area contributed by atoms with E-state index in [4.69, 9.17) is 0 Å². The second kappa shape index (κ2) is 4.74. The highest BCUT2D eigenvalue weighted by molar-refractivity contribution is 5.87. The third kappa shape index (κ3) is 2.44. The van der Waals surface area contributed by atoms with Crippen LogP contribution < -0.4 is 0 Å². The molecular weight excluding hydrogens is 174 g/mol. The van der Waals surface area contributed by atoms with Gasteiger partial charge in [-0.3, -0.25) is 9.69 Å². The molecule has 0 bridgehead atoms. The first-order valence-corrected chi connectivity index (χ1v) is 5.48. The highest BCUT2D eigenvalue weighted by Crippen LogP contribution is 2.23. The summed E-state index contributed by atoms with van der Waals surface area (Å²) < 4.78 is 0. The summed E-state index contributed by atoms with van der Waals surface area (Å²) in [4.78, 5) is 14.2. The zero-order valence-electron chi connectivity index (χ0n) is 9.38. The van der Waals surface area contributed by atoms with E-state index in [1.807, 2.05) is 19.9 Å². The third-order valence-corrected chi connectivity index (χ3v) is 3.15. The van der Waals surface area contributed by atoms with E-state index >= 15 is 0 Å². The molecule has 1 saturated heterocycles. The molecule has 0 spiro atoms. The number of hydrogen-bond donors (Lipinski definition) is 0. The molecule has 0 aromatic heterocycles. The smallest absolute Gasteiger partial charge is 0.152 e. The normalized spacial score (nSPS) is 18.4. The van der Waals surface area contributed by atoms with Crippen LogP contribution in [0.2, 0.25) is 0 Å². The fourth-order valence-corrected chi connectivity index (χ4v) is 1.99. The van der Waals surface area contributed by atoms with Crippen LogP contribution in [0.15, 0.2) is 12.7 Å². The van der Waals surface area contributed by atoms with Gasteiger partial charge in [0.25, 0.3) is 0 Å². The first-order valence-electron chi connectivity index (χ1n) is 5.48. The maximum absolute atomic E-state index is 11.9. The summed E-state index contributed by atoms with van der Waals surface area (Å²) in [7, 11) is 0. The SMILES string of the molecule is C=CCCC(=O)C(C)(C)N1CCCC1. The molecule has 0 aromatic rings. The van der Waals surface area contributed by atoms with Crippen LogP contribution in [0.25, 0.3) is 0 Å². The number of ketones is 1. The van der Waals surface area contributed by atoms with Crippen LogP contribution in [0, 0.1) is 0 Å². The van der Waals surface area contributed by atoms with E-state index in [9.17, 15) is 4.79 Å². The van der Waals surface area contributed by atoms with E-state index in [0.717, 1.165) is 19.5 Å². The molecule has 0 radical (unpaired) electrons. The highest BCUT2D eigenvalue weighted by Gasteiger charge is 2.34. The molecule has 0 aliphatic carbocycles. The lowest BCUT2D eigenvalue weighted by atomic mass is 9.93. The quantitative estimate of drug-likeness (QED) is 0.628. The molecule has 0 saturated carbocycles. The van der Waals surface area contributed by atoms with Crippen LogP contribution in [0.3, 0.4) is 0 Å². The minimum Gasteiger partial charge on any atom is -0.298 e. The Morgan fingerprint density at radius 3 is 2.50 bits per heavy atom. The molecule has 1 aliphatic heterocycles. The summed E-state index contributed by atoms with van der Waals surface area (Å²) in [5.41, 5.74) is -0.264. The van der Waals surface area contributed by atoms with Crippen molar-refractivity contribution in [3.63, 3.8) is 0 Å². The summed E-state index contributed by atoms with van der Waals surface area (Å²) >= 11 is 0. The maximum Gasteiger partial charge on any atom is 0.152 e. The van der Waals surface area contributed by atoms with Crippen molar-refractivity contribution in [3.8, 4) is 0 Å². The molecule has 1 aliphatic rings. The lowest BCUT2D eigenvalue weighted by Crippen LogP contribution is -2.48. The Morgan fingerprint density at radius 1 is 1.43 bits per heavy atom. The van der Waals surface area contributed by atoms with Crippen LogP contribution >= 0.6 is 0 Å². The van der Waals surface area contributed by atoms with E-state index in [0.29, 0.717) is 12.2 Å². The Balaban J connectivity index is 2.53. The van der Waals surface area contributed by atoms with Gasteiger partial charge in [0.1, 0.15) is 0 Å². The van der Waals surface area contributed by atoms with Crippen LogP contribution in [0.5, 0.6) is 0 Å². The monoisotopic (exact) mass is 195 g/mol. The van der Waals surface area contributed by atoms with Crippen molar-refractivity contribution in [2.24, 2.45) is 0 Å². The van der Waals surface area contributed by atoms with Gasteiger partial charge in [-0.25, -0.2) is 0 Å². The van der Waals surface area contributed by atoms with Crippen molar-refractivity contribution < 1.29 is 4.79 Å². The van der Waals surface area contributed by atoms with Crippen molar-refractivity contribution in [1.82, 2.24) is 4.90 Å². The van der Waals surface area contributed by atoms with Crippen LogP contribution in [0.4, 0.5) is 0 Å². The topological polar surface area (TPSA) is 20.3 Å². The zero-order chi connectivity index (χ0) is 10.6. The Bertz CT molecular complexity index is 214. The van der Waals surface area contributed by atoms with Gasteiger partial charge in [-0.2, -0.15) is 0 Å². The highest BCUT2D eigenvalue weighted by atomic mass is 16.1. The van der Waals surface area contributed by atoms with Crippen molar-refractivity contribution in [2.45, 2.75) is 45.1 Å². The number of hydrogen-bond acceptors (Lipinski definition) is 2. The van der Waals surface area contributed by atoms with Crippen molar-refractivity contribution in [2.75, 3.05) is 13.1 Å². The molecule has 0 amide bonds. The van der Waals surface area contributed by atoms with Gasteiger partial charge in [0.05, 0.1) is 5.54 Å². The van der Waals surface area contributed by atoms with E-state index in [1.54, 1.807) is 0 Å². The van der Waals surface area contributed by atoms with Gasteiger partial charge in [0.2, 0.25) is 0 Å². The largest absolute Gasteiger partial charge is 0.298 e. The molecule has 80 valence electrons. The van der Waals surface area contributed by atoms with Gasteiger partial charge in [-0.15, -0.1) is 6.58 Å². The lowest BCUT2D eigenvalue weighted by Gasteiger charge is -2.33. The predicted molar refractivity (Wildman–Crippen MR) is 59.3 cm³/mol. The summed E-state index contributed by atoms with van der Waals surface area (Å²) in [6.45, 7) is 9.89. The molecule has 2 nitrogen and oxygen atoms in total. The number of carbonyl (C=O) groups is 1. The molecule has 2 heteroatoms. The maximum atomic E-state index is 11.9. The number of likely N-dealkylation sites (tertiary alicyclic amines) is 1. The summed E-state index contributed by atoms with van der Waals surface area (Å²) in [6.07, 6.45) is 5.72. The Labute approximate surface area is 87.0 Å². The summed E-state index contributed by atoms with van der Waals surface area (Å²) in [6, 6.07) is 0. The molecule has 1 heterocycles. The van der Waals surface area contributed by atoms with E-state index in [2.05, 4.69) is 11.5 Å². The van der Waals surface area contributed by atoms with Crippen LogP contribution in [-0.2, 0) is 4.79 Å². The molecule has 0 atom stereocenters. The molecule has 0 unspecified atom stereocenters. The molecule has 0 N–H and O–H groups in total. The predicted octanol–water partition coefficient (Wildman–Crippen LogP) is 2.40. The Morgan fingerprint density at radius 2 is 2.00 bits per heavy atom. The van der Waals surface area contributed by atoms with Gasteiger partial charge >= 0.3 is 0 Å². The minimum absolute atomic E-state index is 0.264. The number of allylic oxidation sites excluding steroid dienone is 1. The standard InChI is InChI=1S/C12H21NO/c1-4-5-8-11(14)12(2,3)13-9-6-7-10-13/h4H,1,5-10H2,2-3H3. The van der Waals surface area contributed by atoms with E-state index in [1.165, 1.54) is 12.8 Å². The average molecular weight is 195 g/mol. The van der Waals surface area contributed by atoms with Crippen molar-refractivity contribution in [1.29, 1.82) is 0 Å². The molecular formula is C12H21NO. The third-order valence-electron chi connectivity index (χ3n) is 3.15. The number of Topliss-reactive ketones (excluding diaryl/α,β-unsaturated/α-hetero) is 1. The molecule has 1 fully saturated rings. The first-order chi connectivity index (χ1) is 6.59. The van der Waals surface area contributed by atoms with Gasteiger partial charge < -0.3 is 0 Å². The van der Waals surface area contributed by atoms with E-state index in [-0.39, 0.29) is 5.54 Å². The number of rotatable bonds is 5. The summed E-state index contributed by atoms with van der Waals surface area (Å²) in [5, 5.41) is 0. The number of nitrogens with zero attached hydrogens (tertiary/aromatic N) is 1. The van der Waals surface area contributed by atoms with E-state index < -0.39 is 0 Å². The van der Waals surface area contributed by atoms with Crippen molar-refractivity contribution in [3.05, 3.63) is 12.7 Å². The van der Waals surface area contributed by atoms with Crippen LogP contribution in [0.1, 0.15) is 39.5 Å². The van der Waals surface area contributed by atoms with Gasteiger partial charge in [0, 0.05) is 6.42 Å². The van der Waals surface area contributed by atoms with Gasteiger partial charge in [-0.1, -0.05) is 6.08 Å². The van der Waals surface area contributed by atoms with Crippen LogP contribution in [-0.4, -0.2) is 29.3 Å². The molecule has 14 heavy (non-hydrogen) atoms. The fraction of sp³-hybridized carbons (Fsp3) is 0.750.